The third-order valence-electron chi connectivity index (χ3n) is 5.94. The van der Waals surface area contributed by atoms with Crippen LogP contribution in [0.25, 0.3) is 21.7 Å². The first-order chi connectivity index (χ1) is 15.1. The van der Waals surface area contributed by atoms with Crippen LogP contribution in [0.4, 0.5) is 0 Å². The van der Waals surface area contributed by atoms with Gasteiger partial charge in [0.05, 0.1) is 13.2 Å². The van der Waals surface area contributed by atoms with E-state index in [2.05, 4.69) is 28.8 Å². The van der Waals surface area contributed by atoms with E-state index in [0.29, 0.717) is 44.1 Å². The predicted octanol–water partition coefficient (Wildman–Crippen LogP) is 3.60. The number of amidine groups is 1. The number of hydrogen-bond donors (Lipinski definition) is 2. The minimum atomic E-state index is 0.00381. The molecule has 1 aromatic heterocycles. The van der Waals surface area contributed by atoms with Crippen LogP contribution in [-0.4, -0.2) is 47.5 Å². The lowest BCUT2D eigenvalue weighted by molar-refractivity contribution is 0.0296. The molecular weight excluding hydrogens is 388 g/mol. The van der Waals surface area contributed by atoms with Crippen molar-refractivity contribution in [2.75, 3.05) is 26.3 Å². The second-order valence-corrected chi connectivity index (χ2v) is 7.85. The van der Waals surface area contributed by atoms with E-state index in [-0.39, 0.29) is 11.7 Å². The van der Waals surface area contributed by atoms with E-state index in [0.717, 1.165) is 16.5 Å². The molecule has 0 bridgehead atoms. The van der Waals surface area contributed by atoms with Gasteiger partial charge in [0.25, 0.3) is 5.91 Å². The van der Waals surface area contributed by atoms with Gasteiger partial charge in [-0.2, -0.15) is 0 Å². The van der Waals surface area contributed by atoms with E-state index < -0.39 is 0 Å². The molecule has 156 valence electrons. The Kier molecular flexibility index (Phi) is 4.92. The second-order valence-electron chi connectivity index (χ2n) is 7.85. The maximum atomic E-state index is 13.4. The standard InChI is InChI=1S/C25H24N4O2/c26-24(27)19-9-8-18-14-23(25(30)28-10-12-31-13-11-28)29(22(18)15-19)16-20-6-3-5-17-4-1-2-7-21(17)20/h1-9,14-15H,10-13,16H2,(H3,26,27). The van der Waals surface area contributed by atoms with E-state index in [1.807, 2.05) is 47.4 Å². The second kappa shape index (κ2) is 7.89. The third-order valence-corrected chi connectivity index (χ3v) is 5.94. The Labute approximate surface area is 180 Å². The van der Waals surface area contributed by atoms with Gasteiger partial charge in [0.1, 0.15) is 11.5 Å². The lowest BCUT2D eigenvalue weighted by Gasteiger charge is -2.27. The highest BCUT2D eigenvalue weighted by atomic mass is 16.5. The van der Waals surface area contributed by atoms with Gasteiger partial charge in [0.15, 0.2) is 0 Å². The van der Waals surface area contributed by atoms with Crippen LogP contribution in [0, 0.1) is 5.41 Å². The van der Waals surface area contributed by atoms with E-state index in [1.165, 1.54) is 10.8 Å². The first-order valence-electron chi connectivity index (χ1n) is 10.4. The largest absolute Gasteiger partial charge is 0.384 e. The number of hydrogen-bond acceptors (Lipinski definition) is 3. The Balaban J connectivity index is 1.67. The fraction of sp³-hybridized carbons (Fsp3) is 0.200. The van der Waals surface area contributed by atoms with Crippen molar-refractivity contribution in [2.24, 2.45) is 5.73 Å². The number of fused-ring (bicyclic) bond motifs is 2. The number of amides is 1. The van der Waals surface area contributed by atoms with Crippen molar-refractivity contribution < 1.29 is 9.53 Å². The molecule has 1 aliphatic heterocycles. The zero-order valence-corrected chi connectivity index (χ0v) is 17.2. The minimum Gasteiger partial charge on any atom is -0.384 e. The fourth-order valence-electron chi connectivity index (χ4n) is 4.30. The smallest absolute Gasteiger partial charge is 0.270 e. The summed E-state index contributed by atoms with van der Waals surface area (Å²) in [4.78, 5) is 15.3. The summed E-state index contributed by atoms with van der Waals surface area (Å²) in [6.07, 6.45) is 0. The first-order valence-corrected chi connectivity index (χ1v) is 10.4. The number of carbonyl (C=O) groups excluding carboxylic acids is 1. The Bertz CT molecular complexity index is 1300. The monoisotopic (exact) mass is 412 g/mol. The molecule has 1 amide bonds. The van der Waals surface area contributed by atoms with Crippen molar-refractivity contribution in [1.82, 2.24) is 9.47 Å². The topological polar surface area (TPSA) is 84.3 Å². The highest BCUT2D eigenvalue weighted by Crippen LogP contribution is 2.27. The summed E-state index contributed by atoms with van der Waals surface area (Å²) >= 11 is 0. The summed E-state index contributed by atoms with van der Waals surface area (Å²) in [5, 5.41) is 11.1. The van der Waals surface area contributed by atoms with E-state index in [4.69, 9.17) is 15.9 Å². The maximum Gasteiger partial charge on any atom is 0.270 e. The van der Waals surface area contributed by atoms with Gasteiger partial charge in [0, 0.05) is 36.1 Å². The molecule has 5 rings (SSSR count). The van der Waals surface area contributed by atoms with Gasteiger partial charge < -0.3 is 19.9 Å². The van der Waals surface area contributed by atoms with Gasteiger partial charge in [-0.3, -0.25) is 10.2 Å². The molecule has 6 heteroatoms. The fourth-order valence-corrected chi connectivity index (χ4v) is 4.30. The minimum absolute atomic E-state index is 0.00381. The summed E-state index contributed by atoms with van der Waals surface area (Å²) in [5.74, 6) is 0.0185. The van der Waals surface area contributed by atoms with Gasteiger partial charge >= 0.3 is 0 Å². The Hall–Kier alpha value is -3.64. The lowest BCUT2D eigenvalue weighted by Crippen LogP contribution is -2.41. The van der Waals surface area contributed by atoms with Crippen molar-refractivity contribution in [1.29, 1.82) is 5.41 Å². The van der Waals surface area contributed by atoms with Crippen LogP contribution >= 0.6 is 0 Å². The van der Waals surface area contributed by atoms with Gasteiger partial charge in [-0.15, -0.1) is 0 Å². The van der Waals surface area contributed by atoms with Gasteiger partial charge in [0.2, 0.25) is 0 Å². The molecule has 0 atom stereocenters. The van der Waals surface area contributed by atoms with Crippen LogP contribution in [-0.2, 0) is 11.3 Å². The number of nitrogens with one attached hydrogen (secondary N) is 1. The van der Waals surface area contributed by atoms with Gasteiger partial charge in [-0.1, -0.05) is 54.6 Å². The summed E-state index contributed by atoms with van der Waals surface area (Å²) in [6.45, 7) is 2.85. The Morgan fingerprint density at radius 3 is 2.55 bits per heavy atom. The quantitative estimate of drug-likeness (QED) is 0.397. The molecule has 0 saturated carbocycles. The normalized spacial score (nSPS) is 14.3. The average molecular weight is 412 g/mol. The SMILES string of the molecule is N=C(N)c1ccc2cc(C(=O)N3CCOCC3)n(Cc3cccc4ccccc34)c2c1. The molecule has 3 aromatic carbocycles. The zero-order valence-electron chi connectivity index (χ0n) is 17.2. The summed E-state index contributed by atoms with van der Waals surface area (Å²) in [7, 11) is 0. The van der Waals surface area contributed by atoms with Gasteiger partial charge in [-0.05, 0) is 28.5 Å². The molecule has 0 radical (unpaired) electrons. The molecule has 2 heterocycles. The number of rotatable bonds is 4. The Morgan fingerprint density at radius 2 is 1.74 bits per heavy atom. The molecule has 0 aliphatic carbocycles. The molecule has 0 spiro atoms. The Morgan fingerprint density at radius 1 is 0.968 bits per heavy atom. The summed E-state index contributed by atoms with van der Waals surface area (Å²) in [5.41, 5.74) is 9.08. The van der Waals surface area contributed by atoms with Crippen molar-refractivity contribution in [3.05, 3.63) is 83.6 Å². The molecule has 6 nitrogen and oxygen atoms in total. The number of morpholine rings is 1. The van der Waals surface area contributed by atoms with Crippen molar-refractivity contribution >= 4 is 33.4 Å². The lowest BCUT2D eigenvalue weighted by atomic mass is 10.0. The molecule has 0 unspecified atom stereocenters. The predicted molar refractivity (Wildman–Crippen MR) is 123 cm³/mol. The zero-order chi connectivity index (χ0) is 21.4. The van der Waals surface area contributed by atoms with Crippen molar-refractivity contribution in [3.63, 3.8) is 0 Å². The molecule has 31 heavy (non-hydrogen) atoms. The highest BCUT2D eigenvalue weighted by molar-refractivity contribution is 6.02. The van der Waals surface area contributed by atoms with E-state index >= 15 is 0 Å². The maximum absolute atomic E-state index is 13.4. The van der Waals surface area contributed by atoms with Crippen LogP contribution in [0.2, 0.25) is 0 Å². The number of nitrogens with two attached hydrogens (primary N) is 1. The van der Waals surface area contributed by atoms with Gasteiger partial charge in [-0.25, -0.2) is 0 Å². The number of nitrogen functional groups attached to an aromatic ring is 1. The summed E-state index contributed by atoms with van der Waals surface area (Å²) < 4.78 is 7.48. The number of aromatic nitrogens is 1. The molecule has 1 saturated heterocycles. The van der Waals surface area contributed by atoms with Crippen LogP contribution in [0.1, 0.15) is 21.6 Å². The number of benzene rings is 3. The number of nitrogens with zero attached hydrogens (tertiary/aromatic N) is 2. The molecular formula is C25H24N4O2. The molecule has 4 aromatic rings. The van der Waals surface area contributed by atoms with Crippen LogP contribution in [0.3, 0.4) is 0 Å². The molecule has 1 fully saturated rings. The number of carbonyl (C=O) groups is 1. The first kappa shape index (κ1) is 19.3. The molecule has 1 aliphatic rings. The van der Waals surface area contributed by atoms with Crippen LogP contribution < -0.4 is 5.73 Å². The average Bonchev–Trinajstić information content (AvgIpc) is 3.17. The number of ether oxygens (including phenoxy) is 1. The van der Waals surface area contributed by atoms with Crippen molar-refractivity contribution in [3.8, 4) is 0 Å². The highest BCUT2D eigenvalue weighted by Gasteiger charge is 2.23. The van der Waals surface area contributed by atoms with Crippen molar-refractivity contribution in [2.45, 2.75) is 6.54 Å². The van der Waals surface area contributed by atoms with Crippen LogP contribution in [0.15, 0.2) is 66.7 Å². The van der Waals surface area contributed by atoms with Crippen LogP contribution in [0.5, 0.6) is 0 Å². The van der Waals surface area contributed by atoms with E-state index in [9.17, 15) is 4.79 Å². The van der Waals surface area contributed by atoms with E-state index in [1.54, 1.807) is 0 Å². The third kappa shape index (κ3) is 3.55. The molecule has 3 N–H and O–H groups in total. The summed E-state index contributed by atoms with van der Waals surface area (Å²) in [6, 6.07) is 22.1.